The lowest BCUT2D eigenvalue weighted by atomic mass is 10.1. The van der Waals surface area contributed by atoms with E-state index >= 15 is 0 Å². The van der Waals surface area contributed by atoms with Crippen LogP contribution in [0.25, 0.3) is 0 Å². The number of unbranched alkanes of at least 4 members (excludes halogenated alkanes) is 3. The molecule has 0 fully saturated rings. The molecule has 0 radical (unpaired) electrons. The molecule has 7 nitrogen and oxygen atoms in total. The molecule has 120 valence electrons. The van der Waals surface area contributed by atoms with Crippen LogP contribution in [0.15, 0.2) is 12.2 Å². The molecule has 0 amide bonds. The average molecular weight is 312 g/mol. The van der Waals surface area contributed by atoms with E-state index in [9.17, 15) is 9.90 Å². The Bertz CT molecular complexity index is 316. The van der Waals surface area contributed by atoms with Crippen molar-refractivity contribution in [2.45, 2.75) is 52.1 Å². The molecule has 0 saturated heterocycles. The number of carbonyl (C=O) groups excluding carboxylic acids is 1. The topological polar surface area (TPSA) is 124 Å². The van der Waals surface area contributed by atoms with E-state index in [0.717, 1.165) is 12.8 Å². The van der Waals surface area contributed by atoms with Gasteiger partial charge in [-0.25, -0.2) is 9.36 Å². The fourth-order valence-corrected chi connectivity index (χ4v) is 1.19. The van der Waals surface area contributed by atoms with Crippen LogP contribution >= 0.6 is 7.82 Å². The molecule has 0 heterocycles. The van der Waals surface area contributed by atoms with Crippen molar-refractivity contribution in [1.29, 1.82) is 0 Å². The number of aliphatic hydroxyl groups is 1. The summed E-state index contributed by atoms with van der Waals surface area (Å²) in [6.07, 6.45) is 4.65. The van der Waals surface area contributed by atoms with E-state index in [2.05, 4.69) is 13.5 Å². The third-order valence-electron chi connectivity index (χ3n) is 2.15. The van der Waals surface area contributed by atoms with Crippen molar-refractivity contribution in [3.05, 3.63) is 12.2 Å². The van der Waals surface area contributed by atoms with E-state index < -0.39 is 19.9 Å². The maximum absolute atomic E-state index is 11.0. The van der Waals surface area contributed by atoms with Gasteiger partial charge < -0.3 is 24.5 Å². The Morgan fingerprint density at radius 2 is 1.75 bits per heavy atom. The van der Waals surface area contributed by atoms with Crippen molar-refractivity contribution in [2.75, 3.05) is 6.61 Å². The molecule has 0 aliphatic heterocycles. The van der Waals surface area contributed by atoms with Crippen LogP contribution in [-0.4, -0.2) is 38.5 Å². The van der Waals surface area contributed by atoms with E-state index in [4.69, 9.17) is 24.0 Å². The lowest BCUT2D eigenvalue weighted by Crippen LogP contribution is -2.18. The van der Waals surface area contributed by atoms with Crippen molar-refractivity contribution < 1.29 is 33.9 Å². The van der Waals surface area contributed by atoms with Crippen LogP contribution in [0.2, 0.25) is 0 Å². The largest absolute Gasteiger partial charge is 0.466 e. The summed E-state index contributed by atoms with van der Waals surface area (Å²) in [6.45, 7) is 7.28. The summed E-state index contributed by atoms with van der Waals surface area (Å²) in [6, 6.07) is 0. The van der Waals surface area contributed by atoms with Crippen molar-refractivity contribution in [3.63, 3.8) is 0 Å². The van der Waals surface area contributed by atoms with Crippen LogP contribution in [0, 0.1) is 0 Å². The molecule has 0 aliphatic carbocycles. The van der Waals surface area contributed by atoms with Crippen LogP contribution in [0.3, 0.4) is 0 Å². The maximum atomic E-state index is 11.0. The molecule has 0 saturated carbocycles. The predicted octanol–water partition coefficient (Wildman–Crippen LogP) is 1.51. The third kappa shape index (κ3) is 22.5. The molecule has 0 aliphatic rings. The van der Waals surface area contributed by atoms with Crippen LogP contribution in [0.5, 0.6) is 0 Å². The van der Waals surface area contributed by atoms with Gasteiger partial charge in [-0.05, 0) is 13.3 Å². The van der Waals surface area contributed by atoms with E-state index in [1.807, 2.05) is 0 Å². The van der Waals surface area contributed by atoms with Crippen LogP contribution in [0.4, 0.5) is 0 Å². The second kappa shape index (κ2) is 12.1. The molecule has 8 heteroatoms. The van der Waals surface area contributed by atoms with Gasteiger partial charge in [0.25, 0.3) is 0 Å². The highest BCUT2D eigenvalue weighted by Crippen LogP contribution is 2.25. The minimum Gasteiger partial charge on any atom is -0.460 e. The lowest BCUT2D eigenvalue weighted by Gasteiger charge is -2.10. The molecule has 1 unspecified atom stereocenters. The summed E-state index contributed by atoms with van der Waals surface area (Å²) >= 11 is 0. The Kier molecular flexibility index (Phi) is 13.0. The van der Waals surface area contributed by atoms with Gasteiger partial charge in [0, 0.05) is 5.57 Å². The zero-order valence-electron chi connectivity index (χ0n) is 12.0. The highest BCUT2D eigenvalue weighted by atomic mass is 31.2. The summed E-state index contributed by atoms with van der Waals surface area (Å²) < 4.78 is 13.7. The lowest BCUT2D eigenvalue weighted by molar-refractivity contribution is -0.142. The summed E-state index contributed by atoms with van der Waals surface area (Å²) in [5, 5.41) is 9.47. The van der Waals surface area contributed by atoms with Gasteiger partial charge >= 0.3 is 13.8 Å². The van der Waals surface area contributed by atoms with Gasteiger partial charge in [-0.15, -0.1) is 0 Å². The molecule has 0 aromatic carbocycles. The quantitative estimate of drug-likeness (QED) is 0.232. The second-order valence-corrected chi connectivity index (χ2v) is 5.42. The normalized spacial score (nSPS) is 12.1. The van der Waals surface area contributed by atoms with E-state index in [0.29, 0.717) is 12.0 Å². The first kappa shape index (κ1) is 21.6. The molecule has 4 N–H and O–H groups in total. The first-order valence-electron chi connectivity index (χ1n) is 6.36. The van der Waals surface area contributed by atoms with Crippen LogP contribution < -0.4 is 0 Å². The number of esters is 1. The number of phosphoric acid groups is 1. The molecule has 0 aromatic rings. The van der Waals surface area contributed by atoms with Crippen molar-refractivity contribution >= 4 is 13.8 Å². The average Bonchev–Trinajstić information content (AvgIpc) is 2.29. The van der Waals surface area contributed by atoms with Crippen molar-refractivity contribution in [3.8, 4) is 0 Å². The Balaban J connectivity index is 0. The molecule has 0 spiro atoms. The van der Waals surface area contributed by atoms with Crippen molar-refractivity contribution in [2.24, 2.45) is 0 Å². The van der Waals surface area contributed by atoms with Gasteiger partial charge in [0.05, 0.1) is 6.10 Å². The summed E-state index contributed by atoms with van der Waals surface area (Å²) in [5.41, 5.74) is 0.369. The smallest absolute Gasteiger partial charge is 0.460 e. The summed E-state index contributed by atoms with van der Waals surface area (Å²) in [7, 11) is -4.64. The molecular formula is C12H25O7P. The van der Waals surface area contributed by atoms with Gasteiger partial charge in [0.1, 0.15) is 6.61 Å². The number of carbonyl (C=O) groups is 1. The number of rotatable bonds is 8. The van der Waals surface area contributed by atoms with E-state index in [1.165, 1.54) is 12.8 Å². The molecule has 0 aromatic heterocycles. The zero-order valence-corrected chi connectivity index (χ0v) is 12.9. The Morgan fingerprint density at radius 1 is 1.25 bits per heavy atom. The van der Waals surface area contributed by atoms with Gasteiger partial charge in [-0.2, -0.15) is 0 Å². The van der Waals surface area contributed by atoms with Crippen molar-refractivity contribution in [1.82, 2.24) is 0 Å². The fraction of sp³-hybridized carbons (Fsp3) is 0.750. The molecule has 0 bridgehead atoms. The zero-order chi connectivity index (χ0) is 16.2. The second-order valence-electron chi connectivity index (χ2n) is 4.40. The van der Waals surface area contributed by atoms with Crippen LogP contribution in [-0.2, 0) is 14.1 Å². The number of hydrogen-bond acceptors (Lipinski definition) is 4. The highest BCUT2D eigenvalue weighted by Gasteiger charge is 2.08. The minimum absolute atomic E-state index is 0.0812. The van der Waals surface area contributed by atoms with E-state index in [-0.39, 0.29) is 6.61 Å². The minimum atomic E-state index is -4.64. The van der Waals surface area contributed by atoms with Crippen LogP contribution in [0.1, 0.15) is 46.0 Å². The number of ether oxygens (including phenoxy) is 1. The van der Waals surface area contributed by atoms with Gasteiger partial charge in [-0.3, -0.25) is 0 Å². The SMILES string of the molecule is C=C(C)C(=O)OCC(O)CCCCCC.O=P(O)(O)O. The summed E-state index contributed by atoms with van der Waals surface area (Å²) in [4.78, 5) is 32.6. The standard InChI is InChI=1S/C12H22O3.H3O4P/c1-4-5-6-7-8-11(13)9-15-12(14)10(2)3;1-5(2,3)4/h11,13H,2,4-9H2,1,3H3;(H3,1,2,3,4). The van der Waals surface area contributed by atoms with Gasteiger partial charge in [0.15, 0.2) is 0 Å². The van der Waals surface area contributed by atoms with Gasteiger partial charge in [0.2, 0.25) is 0 Å². The number of aliphatic hydroxyl groups excluding tert-OH is 1. The fourth-order valence-electron chi connectivity index (χ4n) is 1.19. The predicted molar refractivity (Wildman–Crippen MR) is 74.8 cm³/mol. The van der Waals surface area contributed by atoms with E-state index in [1.54, 1.807) is 6.92 Å². The monoisotopic (exact) mass is 312 g/mol. The maximum Gasteiger partial charge on any atom is 0.466 e. The molecule has 20 heavy (non-hydrogen) atoms. The molecule has 0 rings (SSSR count). The van der Waals surface area contributed by atoms with Gasteiger partial charge in [-0.1, -0.05) is 39.2 Å². The Hall–Kier alpha value is -0.720. The molecule has 1 atom stereocenters. The summed E-state index contributed by atoms with van der Waals surface area (Å²) in [5.74, 6) is -0.428. The molecular weight excluding hydrogens is 287 g/mol. The Labute approximate surface area is 119 Å². The highest BCUT2D eigenvalue weighted by molar-refractivity contribution is 7.45. The third-order valence-corrected chi connectivity index (χ3v) is 2.15. The first-order chi connectivity index (χ1) is 9.07. The first-order valence-corrected chi connectivity index (χ1v) is 7.93. The number of hydrogen-bond donors (Lipinski definition) is 4. The Morgan fingerprint density at radius 3 is 2.15 bits per heavy atom.